The molecule has 1 N–H and O–H groups in total. The molecule has 0 unspecified atom stereocenters. The summed E-state index contributed by atoms with van der Waals surface area (Å²) >= 11 is 1.53. The Labute approximate surface area is 160 Å². The fourth-order valence-corrected chi connectivity index (χ4v) is 3.63. The molecule has 1 aliphatic rings. The molecule has 128 valence electrons. The second kappa shape index (κ2) is 7.84. The molecule has 3 aromatic rings. The van der Waals surface area contributed by atoms with E-state index >= 15 is 0 Å². The molecule has 0 radical (unpaired) electrons. The van der Waals surface area contributed by atoms with Crippen LogP contribution in [0.1, 0.15) is 0 Å². The Balaban J connectivity index is 0.00000182. The summed E-state index contributed by atoms with van der Waals surface area (Å²) in [4.78, 5) is 22.1. The number of hydrogen-bond donors (Lipinski definition) is 1. The van der Waals surface area contributed by atoms with Gasteiger partial charge in [0.05, 0.1) is 28.9 Å². The van der Waals surface area contributed by atoms with E-state index in [-0.39, 0.29) is 22.5 Å². The van der Waals surface area contributed by atoms with E-state index in [0.29, 0.717) is 16.3 Å². The van der Waals surface area contributed by atoms with Gasteiger partial charge in [0, 0.05) is 6.54 Å². The highest BCUT2D eigenvalue weighted by atomic mass is 79.9. The van der Waals surface area contributed by atoms with Gasteiger partial charge in [-0.15, -0.1) is 17.0 Å². The van der Waals surface area contributed by atoms with Crippen molar-refractivity contribution in [1.29, 1.82) is 0 Å². The Morgan fingerprint density at radius 1 is 1.08 bits per heavy atom. The first-order chi connectivity index (χ1) is 11.8. The number of para-hydroxylation sites is 2. The molecule has 0 saturated heterocycles. The van der Waals surface area contributed by atoms with Crippen LogP contribution in [0.4, 0.5) is 0 Å². The maximum Gasteiger partial charge on any atom is 0.266 e. The number of amidine groups is 1. The van der Waals surface area contributed by atoms with E-state index in [9.17, 15) is 4.79 Å². The largest absolute Gasteiger partial charge is 0.371 e. The lowest BCUT2D eigenvalue weighted by atomic mass is 10.2. The van der Waals surface area contributed by atoms with Crippen LogP contribution in [0.25, 0.3) is 16.6 Å². The Kier molecular flexibility index (Phi) is 5.55. The standard InChI is InChI=1S/C18H16N4OS.BrH/c23-17-14-8-4-5-9-15(14)21-18(24-12-16-19-10-11-20-16)22(17)13-6-2-1-3-7-13;/h1-9H,10-12H2,(H,19,20);1H. The van der Waals surface area contributed by atoms with Crippen molar-refractivity contribution < 1.29 is 0 Å². The zero-order chi connectivity index (χ0) is 16.4. The maximum atomic E-state index is 13.0. The number of thioether (sulfide) groups is 1. The lowest BCUT2D eigenvalue weighted by molar-refractivity contribution is 0.821. The molecule has 5 nitrogen and oxygen atoms in total. The quantitative estimate of drug-likeness (QED) is 0.524. The number of benzene rings is 2. The molecule has 1 aliphatic heterocycles. The summed E-state index contributed by atoms with van der Waals surface area (Å²) < 4.78 is 1.68. The highest BCUT2D eigenvalue weighted by Gasteiger charge is 2.14. The zero-order valence-corrected chi connectivity index (χ0v) is 15.9. The zero-order valence-electron chi connectivity index (χ0n) is 13.4. The average Bonchev–Trinajstić information content (AvgIpc) is 3.14. The monoisotopic (exact) mass is 416 g/mol. The van der Waals surface area contributed by atoms with Crippen LogP contribution in [0, 0.1) is 0 Å². The van der Waals surface area contributed by atoms with Crippen molar-refractivity contribution in [3.63, 3.8) is 0 Å². The fraction of sp³-hybridized carbons (Fsp3) is 0.167. The van der Waals surface area contributed by atoms with E-state index in [1.807, 2.05) is 54.6 Å². The van der Waals surface area contributed by atoms with Gasteiger partial charge in [0.25, 0.3) is 5.56 Å². The molecule has 0 saturated carbocycles. The van der Waals surface area contributed by atoms with Crippen molar-refractivity contribution in [1.82, 2.24) is 14.9 Å². The number of aliphatic imine (C=N–C) groups is 1. The first-order valence-electron chi connectivity index (χ1n) is 7.80. The molecular weight excluding hydrogens is 400 g/mol. The number of halogens is 1. The van der Waals surface area contributed by atoms with Gasteiger partial charge in [-0.05, 0) is 24.3 Å². The Bertz CT molecular complexity index is 972. The van der Waals surface area contributed by atoms with Crippen LogP contribution in [0.15, 0.2) is 69.5 Å². The average molecular weight is 417 g/mol. The van der Waals surface area contributed by atoms with Gasteiger partial charge >= 0.3 is 0 Å². The van der Waals surface area contributed by atoms with Crippen LogP contribution in [-0.2, 0) is 0 Å². The molecule has 0 bridgehead atoms. The number of nitrogens with zero attached hydrogens (tertiary/aromatic N) is 3. The molecule has 2 heterocycles. The van der Waals surface area contributed by atoms with E-state index in [1.54, 1.807) is 4.57 Å². The van der Waals surface area contributed by atoms with E-state index in [2.05, 4.69) is 10.3 Å². The summed E-state index contributed by atoms with van der Waals surface area (Å²) in [7, 11) is 0. The lowest BCUT2D eigenvalue weighted by Crippen LogP contribution is -2.24. The van der Waals surface area contributed by atoms with Gasteiger partial charge in [-0.3, -0.25) is 14.4 Å². The first-order valence-corrected chi connectivity index (χ1v) is 8.79. The van der Waals surface area contributed by atoms with Gasteiger partial charge in [0.2, 0.25) is 0 Å². The van der Waals surface area contributed by atoms with E-state index in [4.69, 9.17) is 4.98 Å². The van der Waals surface area contributed by atoms with Crippen LogP contribution in [0.3, 0.4) is 0 Å². The molecule has 7 heteroatoms. The summed E-state index contributed by atoms with van der Waals surface area (Å²) in [6, 6.07) is 17.1. The highest BCUT2D eigenvalue weighted by Crippen LogP contribution is 2.21. The maximum absolute atomic E-state index is 13.0. The van der Waals surface area contributed by atoms with Crippen LogP contribution in [0.2, 0.25) is 0 Å². The lowest BCUT2D eigenvalue weighted by Gasteiger charge is -2.13. The predicted molar refractivity (Wildman–Crippen MR) is 109 cm³/mol. The molecule has 25 heavy (non-hydrogen) atoms. The SMILES string of the molecule is Br.O=c1c2ccccc2nc(SCC2=NCCN2)n1-c1ccccc1. The minimum atomic E-state index is -0.0457. The number of aromatic nitrogens is 2. The first kappa shape index (κ1) is 17.7. The highest BCUT2D eigenvalue weighted by molar-refractivity contribution is 8.93. The van der Waals surface area contributed by atoms with Crippen LogP contribution in [0.5, 0.6) is 0 Å². The molecule has 0 aliphatic carbocycles. The Morgan fingerprint density at radius 3 is 2.60 bits per heavy atom. The molecule has 0 spiro atoms. The molecular formula is C18H17BrN4OS. The van der Waals surface area contributed by atoms with Crippen molar-refractivity contribution in [2.24, 2.45) is 4.99 Å². The molecule has 2 aromatic carbocycles. The fourth-order valence-electron chi connectivity index (χ4n) is 2.69. The molecule has 0 atom stereocenters. The van der Waals surface area contributed by atoms with Crippen LogP contribution < -0.4 is 10.9 Å². The van der Waals surface area contributed by atoms with Crippen molar-refractivity contribution in [3.8, 4) is 5.69 Å². The number of nitrogens with one attached hydrogen (secondary N) is 1. The molecule has 0 fully saturated rings. The van der Waals surface area contributed by atoms with Gasteiger partial charge < -0.3 is 5.32 Å². The third-order valence-electron chi connectivity index (χ3n) is 3.84. The van der Waals surface area contributed by atoms with Crippen molar-refractivity contribution in [2.45, 2.75) is 5.16 Å². The summed E-state index contributed by atoms with van der Waals surface area (Å²) in [6.07, 6.45) is 0. The van der Waals surface area contributed by atoms with Gasteiger partial charge in [-0.25, -0.2) is 4.98 Å². The topological polar surface area (TPSA) is 59.3 Å². The molecule has 0 amide bonds. The minimum absolute atomic E-state index is 0. The normalized spacial score (nSPS) is 13.2. The van der Waals surface area contributed by atoms with Gasteiger partial charge in [0.15, 0.2) is 5.16 Å². The smallest absolute Gasteiger partial charge is 0.266 e. The van der Waals surface area contributed by atoms with Gasteiger partial charge in [-0.2, -0.15) is 0 Å². The third-order valence-corrected chi connectivity index (χ3v) is 4.79. The van der Waals surface area contributed by atoms with E-state index in [0.717, 1.165) is 30.1 Å². The predicted octanol–water partition coefficient (Wildman–Crippen LogP) is 3.06. The number of rotatable bonds is 4. The summed E-state index contributed by atoms with van der Waals surface area (Å²) in [5.74, 6) is 1.64. The second-order valence-corrected chi connectivity index (χ2v) is 6.37. The summed E-state index contributed by atoms with van der Waals surface area (Å²) in [5.41, 5.74) is 1.50. The van der Waals surface area contributed by atoms with E-state index in [1.165, 1.54) is 11.8 Å². The molecule has 4 rings (SSSR count). The van der Waals surface area contributed by atoms with Crippen molar-refractivity contribution in [3.05, 3.63) is 65.0 Å². The van der Waals surface area contributed by atoms with Crippen LogP contribution in [-0.4, -0.2) is 34.2 Å². The Morgan fingerprint density at radius 2 is 1.84 bits per heavy atom. The van der Waals surface area contributed by atoms with Gasteiger partial charge in [0.1, 0.15) is 5.84 Å². The number of hydrogen-bond acceptors (Lipinski definition) is 5. The summed E-state index contributed by atoms with van der Waals surface area (Å²) in [5, 5.41) is 4.56. The molecule has 1 aromatic heterocycles. The van der Waals surface area contributed by atoms with Crippen LogP contribution >= 0.6 is 28.7 Å². The summed E-state index contributed by atoms with van der Waals surface area (Å²) in [6.45, 7) is 1.69. The third kappa shape index (κ3) is 3.62. The number of fused-ring (bicyclic) bond motifs is 1. The second-order valence-electron chi connectivity index (χ2n) is 5.43. The van der Waals surface area contributed by atoms with Crippen molar-refractivity contribution in [2.75, 3.05) is 18.8 Å². The van der Waals surface area contributed by atoms with E-state index < -0.39 is 0 Å². The minimum Gasteiger partial charge on any atom is -0.371 e. The Hall–Kier alpha value is -2.12. The van der Waals surface area contributed by atoms with Crippen molar-refractivity contribution >= 4 is 45.5 Å². The van der Waals surface area contributed by atoms with Gasteiger partial charge in [-0.1, -0.05) is 42.1 Å².